The van der Waals surface area contributed by atoms with E-state index in [-0.39, 0.29) is 29.6 Å². The number of benzene rings is 1. The smallest absolute Gasteiger partial charge is 0.667 e. The third-order valence-electron chi connectivity index (χ3n) is 1.68. The molecule has 3 N–H and O–H groups in total. The molecule has 1 aromatic carbocycles. The van der Waals surface area contributed by atoms with Crippen LogP contribution in [0.25, 0.3) is 5.73 Å². The molecule has 0 bridgehead atoms. The first kappa shape index (κ1) is 13.2. The zero-order chi connectivity index (χ0) is 9.84. The second-order valence-electron chi connectivity index (χ2n) is 2.61. The second kappa shape index (κ2) is 5.80. The topological polar surface area (TPSA) is 84.0 Å². The van der Waals surface area contributed by atoms with Crippen molar-refractivity contribution in [3.8, 4) is 0 Å². The van der Waals surface area contributed by atoms with Gasteiger partial charge in [0, 0.05) is 0 Å². The Kier molecular flexibility index (Phi) is 5.45. The quantitative estimate of drug-likeness (QED) is 0.445. The van der Waals surface area contributed by atoms with Crippen LogP contribution in [-0.2, 0) is 9.59 Å². The van der Waals surface area contributed by atoms with Crippen LogP contribution in [0.4, 0.5) is 0 Å². The number of primary amides is 1. The van der Waals surface area contributed by atoms with Crippen molar-refractivity contribution in [1.82, 2.24) is 0 Å². The van der Waals surface area contributed by atoms with Crippen molar-refractivity contribution in [3.63, 3.8) is 0 Å². The Balaban J connectivity index is 0.00000169. The molecular weight excluding hydrogens is 191 g/mol. The average molecular weight is 200 g/mol. The van der Waals surface area contributed by atoms with Gasteiger partial charge in [0.1, 0.15) is 5.92 Å². The van der Waals surface area contributed by atoms with E-state index >= 15 is 0 Å². The summed E-state index contributed by atoms with van der Waals surface area (Å²) in [6, 6.07) is 8.34. The van der Waals surface area contributed by atoms with Crippen LogP contribution in [0.1, 0.15) is 11.5 Å². The predicted octanol–water partition coefficient (Wildman–Crippen LogP) is -2.16. The van der Waals surface area contributed by atoms with Gasteiger partial charge in [0.25, 0.3) is 0 Å². The summed E-state index contributed by atoms with van der Waals surface area (Å²) in [5.41, 5.74) is 12.3. The summed E-state index contributed by atoms with van der Waals surface area (Å²) in [5.74, 6) is -2.90. The molecule has 1 aromatic rings. The fourth-order valence-electron chi connectivity index (χ4n) is 1.09. The van der Waals surface area contributed by atoms with Gasteiger partial charge >= 0.3 is 29.6 Å². The summed E-state index contributed by atoms with van der Waals surface area (Å²) >= 11 is 0. The van der Waals surface area contributed by atoms with Crippen LogP contribution in [0.2, 0.25) is 0 Å². The van der Waals surface area contributed by atoms with Gasteiger partial charge in [-0.05, 0) is 5.56 Å². The Morgan fingerprint density at radius 1 is 1.21 bits per heavy atom. The summed E-state index contributed by atoms with van der Waals surface area (Å²) in [7, 11) is 0. The van der Waals surface area contributed by atoms with Gasteiger partial charge in [-0.2, -0.15) is 0 Å². The first-order valence-electron chi connectivity index (χ1n) is 3.72. The van der Waals surface area contributed by atoms with E-state index in [4.69, 9.17) is 11.5 Å². The number of nitrogens with one attached hydrogen (secondary N) is 1. The average Bonchev–Trinajstić information content (AvgIpc) is 2.04. The van der Waals surface area contributed by atoms with E-state index in [0.29, 0.717) is 5.56 Å². The number of nitrogens with two attached hydrogens (primary N) is 1. The van der Waals surface area contributed by atoms with Gasteiger partial charge in [-0.25, -0.2) is 0 Å². The molecule has 1 atom stereocenters. The van der Waals surface area contributed by atoms with E-state index in [9.17, 15) is 9.59 Å². The summed E-state index contributed by atoms with van der Waals surface area (Å²) in [6.45, 7) is 0. The van der Waals surface area contributed by atoms with Crippen LogP contribution >= 0.6 is 0 Å². The fraction of sp³-hybridized carbons (Fsp3) is 0.111. The van der Waals surface area contributed by atoms with E-state index in [0.717, 1.165) is 0 Å². The van der Waals surface area contributed by atoms with Gasteiger partial charge in [0.15, 0.2) is 0 Å². The van der Waals surface area contributed by atoms with Crippen molar-refractivity contribution >= 4 is 11.8 Å². The molecule has 14 heavy (non-hydrogen) atoms. The van der Waals surface area contributed by atoms with Crippen LogP contribution in [-0.4, -0.2) is 11.8 Å². The van der Waals surface area contributed by atoms with Crippen LogP contribution < -0.4 is 35.3 Å². The standard InChI is InChI=1S/C9H10N2O2.Na/c10-8(12)7(9(11)13)6-4-2-1-3-5-6;/h1-5,7H,(H4,10,11,12,13);/q;+1/p-1. The molecule has 1 unspecified atom stereocenters. The first-order valence-corrected chi connectivity index (χ1v) is 3.72. The van der Waals surface area contributed by atoms with Gasteiger partial charge in [0.05, 0.1) is 5.91 Å². The Morgan fingerprint density at radius 2 is 1.71 bits per heavy atom. The van der Waals surface area contributed by atoms with Crippen LogP contribution in [0, 0.1) is 0 Å². The molecule has 4 nitrogen and oxygen atoms in total. The maximum Gasteiger partial charge on any atom is 1.00 e. The molecule has 1 rings (SSSR count). The van der Waals surface area contributed by atoms with Crippen molar-refractivity contribution in [1.29, 1.82) is 0 Å². The first-order chi connectivity index (χ1) is 6.13. The number of amides is 2. The molecule has 0 saturated carbocycles. The summed E-state index contributed by atoms with van der Waals surface area (Å²) in [6.07, 6.45) is 0. The third-order valence-corrected chi connectivity index (χ3v) is 1.68. The number of rotatable bonds is 3. The molecule has 0 fully saturated rings. The summed E-state index contributed by atoms with van der Waals surface area (Å²) in [5, 5.41) is 0. The van der Waals surface area contributed by atoms with Crippen molar-refractivity contribution in [2.45, 2.75) is 5.92 Å². The number of carbonyl (C=O) groups excluding carboxylic acids is 2. The molecule has 0 saturated heterocycles. The van der Waals surface area contributed by atoms with Crippen molar-refractivity contribution in [3.05, 3.63) is 41.6 Å². The molecular formula is C9H9N2NaO2. The molecule has 0 spiro atoms. The minimum absolute atomic E-state index is 0. The zero-order valence-corrected chi connectivity index (χ0v) is 9.86. The Labute approximate surface area is 104 Å². The van der Waals surface area contributed by atoms with Gasteiger partial charge in [-0.3, -0.25) is 4.79 Å². The molecule has 0 aliphatic rings. The Morgan fingerprint density at radius 3 is 2.07 bits per heavy atom. The summed E-state index contributed by atoms with van der Waals surface area (Å²) in [4.78, 5) is 21.6. The fourth-order valence-corrected chi connectivity index (χ4v) is 1.09. The number of hydrogen-bond donors (Lipinski definition) is 1. The van der Waals surface area contributed by atoms with E-state index in [1.807, 2.05) is 0 Å². The maximum atomic E-state index is 10.8. The van der Waals surface area contributed by atoms with Crippen molar-refractivity contribution in [2.75, 3.05) is 0 Å². The SMILES string of the molecule is [NH-]C(=O)C(C(N)=O)c1ccccc1.[Na+]. The van der Waals surface area contributed by atoms with Crippen molar-refractivity contribution < 1.29 is 39.1 Å². The van der Waals surface area contributed by atoms with E-state index in [1.165, 1.54) is 0 Å². The van der Waals surface area contributed by atoms with E-state index < -0.39 is 17.7 Å². The summed E-state index contributed by atoms with van der Waals surface area (Å²) < 4.78 is 0. The second-order valence-corrected chi connectivity index (χ2v) is 2.61. The van der Waals surface area contributed by atoms with Crippen LogP contribution in [0.5, 0.6) is 0 Å². The van der Waals surface area contributed by atoms with Gasteiger partial charge in [-0.15, -0.1) is 0 Å². The molecule has 0 aliphatic heterocycles. The molecule has 0 heterocycles. The van der Waals surface area contributed by atoms with E-state index in [2.05, 4.69) is 0 Å². The van der Waals surface area contributed by atoms with Crippen molar-refractivity contribution in [2.24, 2.45) is 5.73 Å². The molecule has 0 aromatic heterocycles. The number of hydrogen-bond acceptors (Lipinski definition) is 2. The molecule has 5 heteroatoms. The molecule has 2 amide bonds. The van der Waals surface area contributed by atoms with Crippen LogP contribution in [0.15, 0.2) is 30.3 Å². The maximum absolute atomic E-state index is 10.8. The zero-order valence-electron chi connectivity index (χ0n) is 7.86. The minimum Gasteiger partial charge on any atom is -0.667 e. The monoisotopic (exact) mass is 200 g/mol. The minimum atomic E-state index is -1.14. The number of carbonyl (C=O) groups is 2. The largest absolute Gasteiger partial charge is 1.00 e. The van der Waals surface area contributed by atoms with Gasteiger partial charge in [-0.1, -0.05) is 30.3 Å². The van der Waals surface area contributed by atoms with E-state index in [1.54, 1.807) is 30.3 Å². The normalized spacial score (nSPS) is 11.1. The predicted molar refractivity (Wildman–Crippen MR) is 47.7 cm³/mol. The molecule has 0 radical (unpaired) electrons. The van der Waals surface area contributed by atoms with Gasteiger partial charge < -0.3 is 16.3 Å². The third kappa shape index (κ3) is 3.14. The molecule has 68 valence electrons. The molecule has 0 aliphatic carbocycles. The van der Waals surface area contributed by atoms with Gasteiger partial charge in [0.2, 0.25) is 5.91 Å². The Bertz CT molecular complexity index is 313. The van der Waals surface area contributed by atoms with Crippen LogP contribution in [0.3, 0.4) is 0 Å². The Hall–Kier alpha value is -0.840.